The summed E-state index contributed by atoms with van der Waals surface area (Å²) in [7, 11) is 0. The van der Waals surface area contributed by atoms with Gasteiger partial charge in [-0.05, 0) is 37.0 Å². The Morgan fingerprint density at radius 2 is 1.69 bits per heavy atom. The molecule has 0 saturated carbocycles. The van der Waals surface area contributed by atoms with E-state index < -0.39 is 11.9 Å². The summed E-state index contributed by atoms with van der Waals surface area (Å²) in [6, 6.07) is 16.6. The Hall–Kier alpha value is -2.90. The molecule has 0 amide bonds. The molecule has 2 aromatic carbocycles. The van der Waals surface area contributed by atoms with Crippen LogP contribution in [0.5, 0.6) is 0 Å². The Bertz CT molecular complexity index is 782. The molecule has 26 heavy (non-hydrogen) atoms. The van der Waals surface area contributed by atoms with Crippen molar-refractivity contribution in [1.82, 2.24) is 0 Å². The molecule has 0 aliphatic carbocycles. The largest absolute Gasteiger partial charge is 0.481 e. The lowest BCUT2D eigenvalue weighted by Crippen LogP contribution is -2.18. The number of benzene rings is 2. The summed E-state index contributed by atoms with van der Waals surface area (Å²) in [4.78, 5) is 23.9. The highest BCUT2D eigenvalue weighted by Crippen LogP contribution is 2.18. The first-order valence-corrected chi connectivity index (χ1v) is 8.60. The number of hydrogen-bond acceptors (Lipinski definition) is 3. The van der Waals surface area contributed by atoms with E-state index in [0.717, 1.165) is 12.8 Å². The minimum absolute atomic E-state index is 0.00815. The van der Waals surface area contributed by atoms with E-state index >= 15 is 0 Å². The molecule has 1 atom stereocenters. The smallest absolute Gasteiger partial charge is 0.306 e. The Labute approximate surface area is 153 Å². The molecule has 0 aromatic heterocycles. The number of carboxylic acid groups (broad SMARTS) is 1. The van der Waals surface area contributed by atoms with E-state index in [-0.39, 0.29) is 18.8 Å². The maximum absolute atomic E-state index is 12.4. The number of hydrogen-bond donors (Lipinski definition) is 2. The second-order valence-corrected chi connectivity index (χ2v) is 6.08. The van der Waals surface area contributed by atoms with Gasteiger partial charge in [-0.3, -0.25) is 9.59 Å². The van der Waals surface area contributed by atoms with Crippen LogP contribution in [0.1, 0.15) is 40.7 Å². The van der Waals surface area contributed by atoms with Gasteiger partial charge >= 0.3 is 5.97 Å². The van der Waals surface area contributed by atoms with Crippen LogP contribution in [0.4, 0.5) is 0 Å². The lowest BCUT2D eigenvalue weighted by molar-refractivity contribution is -0.141. The molecule has 2 N–H and O–H groups in total. The Morgan fingerprint density at radius 1 is 1.00 bits per heavy atom. The van der Waals surface area contributed by atoms with Crippen LogP contribution >= 0.6 is 0 Å². The van der Waals surface area contributed by atoms with Gasteiger partial charge in [0.25, 0.3) is 0 Å². The molecule has 0 saturated heterocycles. The lowest BCUT2D eigenvalue weighted by Gasteiger charge is -2.11. The third-order valence-electron chi connectivity index (χ3n) is 4.16. The first-order valence-electron chi connectivity index (χ1n) is 8.60. The standard InChI is InChI=1S/C22H22O4/c23-15-5-9-18-11-13-19(14-12-18)21(24)16-20(22(25)26)10-4-8-17-6-2-1-3-7-17/h1-3,6-7,11-14,20,23H,4,8,10,15-16H2,(H,25,26). The van der Waals surface area contributed by atoms with E-state index in [4.69, 9.17) is 5.11 Å². The number of aryl methyl sites for hydroxylation is 1. The molecule has 134 valence electrons. The number of Topliss-reactive ketones (excluding diaryl/α,β-unsaturated/α-hetero) is 1. The van der Waals surface area contributed by atoms with Crippen molar-refractivity contribution in [1.29, 1.82) is 0 Å². The summed E-state index contributed by atoms with van der Waals surface area (Å²) < 4.78 is 0. The highest BCUT2D eigenvalue weighted by Gasteiger charge is 2.21. The number of aliphatic hydroxyl groups excluding tert-OH is 1. The van der Waals surface area contributed by atoms with Crippen molar-refractivity contribution in [3.05, 3.63) is 71.3 Å². The minimum atomic E-state index is -0.933. The fourth-order valence-electron chi connectivity index (χ4n) is 2.73. The molecule has 0 radical (unpaired) electrons. The Kier molecular flexibility index (Phi) is 7.60. The molecule has 0 aliphatic heterocycles. The normalized spacial score (nSPS) is 11.3. The number of aliphatic carboxylic acids is 1. The zero-order chi connectivity index (χ0) is 18.8. The Morgan fingerprint density at radius 3 is 2.31 bits per heavy atom. The van der Waals surface area contributed by atoms with Crippen molar-refractivity contribution in [3.63, 3.8) is 0 Å². The van der Waals surface area contributed by atoms with Crippen LogP contribution in [-0.4, -0.2) is 28.6 Å². The van der Waals surface area contributed by atoms with Crippen LogP contribution in [0.15, 0.2) is 54.6 Å². The average molecular weight is 350 g/mol. The average Bonchev–Trinajstić information content (AvgIpc) is 2.66. The van der Waals surface area contributed by atoms with Crippen molar-refractivity contribution in [2.75, 3.05) is 6.61 Å². The first-order chi connectivity index (χ1) is 12.6. The molecule has 0 aliphatic rings. The van der Waals surface area contributed by atoms with Gasteiger partial charge in [0.05, 0.1) is 5.92 Å². The fourth-order valence-corrected chi connectivity index (χ4v) is 2.73. The highest BCUT2D eigenvalue weighted by molar-refractivity contribution is 5.98. The predicted molar refractivity (Wildman–Crippen MR) is 99.9 cm³/mol. The number of carboxylic acids is 1. The molecular formula is C22H22O4. The molecule has 1 unspecified atom stereocenters. The predicted octanol–water partition coefficient (Wildman–Crippen LogP) is 3.33. The topological polar surface area (TPSA) is 74.6 Å². The molecular weight excluding hydrogens is 328 g/mol. The monoisotopic (exact) mass is 350 g/mol. The maximum atomic E-state index is 12.4. The molecule has 2 rings (SSSR count). The summed E-state index contributed by atoms with van der Waals surface area (Å²) in [5.74, 6) is 3.50. The number of rotatable bonds is 8. The number of carbonyl (C=O) groups is 2. The summed E-state index contributed by atoms with van der Waals surface area (Å²) in [5.41, 5.74) is 2.35. The van der Waals surface area contributed by atoms with Crippen molar-refractivity contribution in [2.45, 2.75) is 25.7 Å². The van der Waals surface area contributed by atoms with Gasteiger partial charge in [-0.25, -0.2) is 0 Å². The molecule has 0 fully saturated rings. The van der Waals surface area contributed by atoms with Gasteiger partial charge in [-0.15, -0.1) is 0 Å². The summed E-state index contributed by atoms with van der Waals surface area (Å²) in [6.07, 6.45) is 1.99. The lowest BCUT2D eigenvalue weighted by atomic mass is 9.92. The van der Waals surface area contributed by atoms with E-state index in [1.807, 2.05) is 30.3 Å². The molecule has 2 aromatic rings. The second kappa shape index (κ2) is 10.2. The third kappa shape index (κ3) is 6.19. The molecule has 4 nitrogen and oxygen atoms in total. The van der Waals surface area contributed by atoms with Crippen LogP contribution in [-0.2, 0) is 11.2 Å². The van der Waals surface area contributed by atoms with E-state index in [1.165, 1.54) is 5.56 Å². The van der Waals surface area contributed by atoms with E-state index in [2.05, 4.69) is 11.8 Å². The first kappa shape index (κ1) is 19.4. The molecule has 4 heteroatoms. The van der Waals surface area contributed by atoms with Crippen molar-refractivity contribution in [2.24, 2.45) is 5.92 Å². The van der Waals surface area contributed by atoms with Crippen molar-refractivity contribution < 1.29 is 19.8 Å². The van der Waals surface area contributed by atoms with E-state index in [0.29, 0.717) is 17.5 Å². The highest BCUT2D eigenvalue weighted by atomic mass is 16.4. The SMILES string of the molecule is O=C(CC(CCCc1ccccc1)C(=O)O)c1ccc(C#CCO)cc1. The summed E-state index contributed by atoms with van der Waals surface area (Å²) >= 11 is 0. The summed E-state index contributed by atoms with van der Waals surface area (Å²) in [6.45, 7) is -0.218. The van der Waals surface area contributed by atoms with Gasteiger partial charge in [-0.2, -0.15) is 0 Å². The number of ketones is 1. The van der Waals surface area contributed by atoms with Crippen LogP contribution < -0.4 is 0 Å². The third-order valence-corrected chi connectivity index (χ3v) is 4.16. The van der Waals surface area contributed by atoms with Crippen LogP contribution in [0, 0.1) is 17.8 Å². The van der Waals surface area contributed by atoms with Gasteiger partial charge in [0, 0.05) is 17.5 Å². The number of carbonyl (C=O) groups excluding carboxylic acids is 1. The zero-order valence-corrected chi connectivity index (χ0v) is 14.5. The van der Waals surface area contributed by atoms with Crippen molar-refractivity contribution >= 4 is 11.8 Å². The zero-order valence-electron chi connectivity index (χ0n) is 14.5. The number of aliphatic hydroxyl groups is 1. The summed E-state index contributed by atoms with van der Waals surface area (Å²) in [5, 5.41) is 18.1. The van der Waals surface area contributed by atoms with Gasteiger partial charge < -0.3 is 10.2 Å². The van der Waals surface area contributed by atoms with Gasteiger partial charge in [0.15, 0.2) is 5.78 Å². The molecule has 0 bridgehead atoms. The molecule has 0 spiro atoms. The van der Waals surface area contributed by atoms with Gasteiger partial charge in [0.1, 0.15) is 6.61 Å². The second-order valence-electron chi connectivity index (χ2n) is 6.08. The van der Waals surface area contributed by atoms with Crippen LogP contribution in [0.2, 0.25) is 0 Å². The van der Waals surface area contributed by atoms with E-state index in [1.54, 1.807) is 24.3 Å². The van der Waals surface area contributed by atoms with Crippen LogP contribution in [0.3, 0.4) is 0 Å². The quantitative estimate of drug-likeness (QED) is 0.566. The minimum Gasteiger partial charge on any atom is -0.481 e. The van der Waals surface area contributed by atoms with Gasteiger partial charge in [0.2, 0.25) is 0 Å². The van der Waals surface area contributed by atoms with Crippen LogP contribution in [0.25, 0.3) is 0 Å². The fraction of sp³-hybridized carbons (Fsp3) is 0.273. The van der Waals surface area contributed by atoms with E-state index in [9.17, 15) is 14.7 Å². The van der Waals surface area contributed by atoms with Crippen molar-refractivity contribution in [3.8, 4) is 11.8 Å². The Balaban J connectivity index is 1.91. The maximum Gasteiger partial charge on any atom is 0.306 e. The molecule has 0 heterocycles. The van der Waals surface area contributed by atoms with Gasteiger partial charge in [-0.1, -0.05) is 54.3 Å².